The molecular formula is C15H29N3. The highest BCUT2D eigenvalue weighted by Crippen LogP contribution is 2.44. The quantitative estimate of drug-likeness (QED) is 0.616. The number of hydrogen-bond donors (Lipinski definition) is 1. The predicted octanol–water partition coefficient (Wildman–Crippen LogP) is 3.15. The number of hydrogen-bond acceptors (Lipinski definition) is 1. The average molecular weight is 251 g/mol. The van der Waals surface area contributed by atoms with Gasteiger partial charge in [0, 0.05) is 19.6 Å². The van der Waals surface area contributed by atoms with Gasteiger partial charge in [0.05, 0.1) is 0 Å². The van der Waals surface area contributed by atoms with E-state index in [1.807, 2.05) is 0 Å². The molecule has 18 heavy (non-hydrogen) atoms. The summed E-state index contributed by atoms with van der Waals surface area (Å²) >= 11 is 0. The second-order valence-electron chi connectivity index (χ2n) is 6.18. The summed E-state index contributed by atoms with van der Waals surface area (Å²) in [5, 5.41) is 0. The van der Waals surface area contributed by atoms with Crippen LogP contribution in [0.2, 0.25) is 0 Å². The molecule has 1 aliphatic heterocycles. The molecule has 0 radical (unpaired) electrons. The predicted molar refractivity (Wildman–Crippen MR) is 77.7 cm³/mol. The number of nitrogens with two attached hydrogens (primary N) is 1. The molecule has 0 aromatic carbocycles. The van der Waals surface area contributed by atoms with Gasteiger partial charge >= 0.3 is 0 Å². The zero-order valence-electron chi connectivity index (χ0n) is 12.0. The molecule has 0 aromatic heterocycles. The molecule has 3 heteroatoms. The van der Waals surface area contributed by atoms with E-state index in [9.17, 15) is 0 Å². The maximum absolute atomic E-state index is 6.18. The standard InChI is InChI=1S/C15H29N3/c1-2-8-15(9-7-10-15)13-17-14(16)18-11-5-3-4-6-12-18/h2-13H2,1H3,(H2,16,17). The van der Waals surface area contributed by atoms with E-state index in [2.05, 4.69) is 11.8 Å². The Bertz CT molecular complexity index is 273. The van der Waals surface area contributed by atoms with E-state index in [0.29, 0.717) is 5.41 Å². The van der Waals surface area contributed by atoms with Gasteiger partial charge in [-0.25, -0.2) is 0 Å². The molecule has 0 amide bonds. The normalized spacial score (nSPS) is 24.5. The van der Waals surface area contributed by atoms with Crippen molar-refractivity contribution in [2.75, 3.05) is 19.6 Å². The molecule has 2 fully saturated rings. The summed E-state index contributed by atoms with van der Waals surface area (Å²) in [4.78, 5) is 7.02. The van der Waals surface area contributed by atoms with Crippen LogP contribution in [0.1, 0.15) is 64.7 Å². The highest BCUT2D eigenvalue weighted by Gasteiger charge is 2.35. The van der Waals surface area contributed by atoms with E-state index < -0.39 is 0 Å². The molecule has 3 nitrogen and oxygen atoms in total. The van der Waals surface area contributed by atoms with Gasteiger partial charge in [-0.2, -0.15) is 0 Å². The maximum atomic E-state index is 6.18. The Morgan fingerprint density at radius 3 is 2.28 bits per heavy atom. The van der Waals surface area contributed by atoms with Gasteiger partial charge in [-0.3, -0.25) is 4.99 Å². The molecule has 2 aliphatic rings. The first-order valence-corrected chi connectivity index (χ1v) is 7.81. The Balaban J connectivity index is 1.86. The first-order valence-electron chi connectivity index (χ1n) is 7.81. The highest BCUT2D eigenvalue weighted by molar-refractivity contribution is 5.78. The van der Waals surface area contributed by atoms with Crippen molar-refractivity contribution in [2.45, 2.75) is 64.7 Å². The van der Waals surface area contributed by atoms with Crippen LogP contribution in [0.5, 0.6) is 0 Å². The van der Waals surface area contributed by atoms with Crippen molar-refractivity contribution in [1.82, 2.24) is 4.90 Å². The lowest BCUT2D eigenvalue weighted by atomic mass is 9.66. The molecule has 0 unspecified atom stereocenters. The summed E-state index contributed by atoms with van der Waals surface area (Å²) in [7, 11) is 0. The Kier molecular flexibility index (Phi) is 4.90. The van der Waals surface area contributed by atoms with Gasteiger partial charge in [-0.15, -0.1) is 0 Å². The number of rotatable bonds is 4. The van der Waals surface area contributed by atoms with Gasteiger partial charge in [-0.05, 0) is 37.5 Å². The third-order valence-corrected chi connectivity index (χ3v) is 4.70. The molecule has 0 atom stereocenters. The first-order chi connectivity index (χ1) is 8.76. The Hall–Kier alpha value is -0.730. The largest absolute Gasteiger partial charge is 0.370 e. The van der Waals surface area contributed by atoms with Gasteiger partial charge in [0.25, 0.3) is 0 Å². The Morgan fingerprint density at radius 2 is 1.78 bits per heavy atom. The molecule has 1 saturated heterocycles. The lowest BCUT2D eigenvalue weighted by Crippen LogP contribution is -2.40. The van der Waals surface area contributed by atoms with E-state index in [1.54, 1.807) is 0 Å². The summed E-state index contributed by atoms with van der Waals surface area (Å²) in [6, 6.07) is 0. The van der Waals surface area contributed by atoms with Crippen molar-refractivity contribution in [3.05, 3.63) is 0 Å². The van der Waals surface area contributed by atoms with Crippen molar-refractivity contribution in [1.29, 1.82) is 0 Å². The van der Waals surface area contributed by atoms with Crippen LogP contribution in [-0.4, -0.2) is 30.5 Å². The summed E-state index contributed by atoms with van der Waals surface area (Å²) in [6.45, 7) is 5.46. The van der Waals surface area contributed by atoms with Crippen LogP contribution < -0.4 is 5.73 Å². The fourth-order valence-corrected chi connectivity index (χ4v) is 3.34. The van der Waals surface area contributed by atoms with Crippen LogP contribution in [0.15, 0.2) is 4.99 Å². The van der Waals surface area contributed by atoms with Gasteiger partial charge in [0.1, 0.15) is 0 Å². The van der Waals surface area contributed by atoms with Crippen molar-refractivity contribution >= 4 is 5.96 Å². The summed E-state index contributed by atoms with van der Waals surface area (Å²) in [5.74, 6) is 0.805. The number of aliphatic imine (C=N–C) groups is 1. The first kappa shape index (κ1) is 13.7. The topological polar surface area (TPSA) is 41.6 Å². The van der Waals surface area contributed by atoms with E-state index in [1.165, 1.54) is 57.8 Å². The zero-order chi connectivity index (χ0) is 12.8. The second-order valence-corrected chi connectivity index (χ2v) is 6.18. The Morgan fingerprint density at radius 1 is 1.11 bits per heavy atom. The Labute approximate surface area is 112 Å². The van der Waals surface area contributed by atoms with Gasteiger partial charge in [-0.1, -0.05) is 32.6 Å². The fraction of sp³-hybridized carbons (Fsp3) is 0.933. The van der Waals surface area contributed by atoms with Gasteiger partial charge < -0.3 is 10.6 Å². The number of guanidine groups is 1. The van der Waals surface area contributed by atoms with E-state index >= 15 is 0 Å². The highest BCUT2D eigenvalue weighted by atomic mass is 15.2. The monoisotopic (exact) mass is 251 g/mol. The maximum Gasteiger partial charge on any atom is 0.191 e. The van der Waals surface area contributed by atoms with E-state index in [-0.39, 0.29) is 0 Å². The fourth-order valence-electron chi connectivity index (χ4n) is 3.34. The number of nitrogens with zero attached hydrogens (tertiary/aromatic N) is 2. The summed E-state index contributed by atoms with van der Waals surface area (Å²) < 4.78 is 0. The van der Waals surface area contributed by atoms with E-state index in [0.717, 1.165) is 25.6 Å². The molecule has 1 saturated carbocycles. The summed E-state index contributed by atoms with van der Waals surface area (Å²) in [5.41, 5.74) is 6.68. The third kappa shape index (κ3) is 3.39. The molecule has 2 N–H and O–H groups in total. The van der Waals surface area contributed by atoms with Crippen molar-refractivity contribution in [3.8, 4) is 0 Å². The summed E-state index contributed by atoms with van der Waals surface area (Å²) in [6.07, 6.45) is 12.0. The zero-order valence-corrected chi connectivity index (χ0v) is 12.0. The van der Waals surface area contributed by atoms with Crippen LogP contribution in [-0.2, 0) is 0 Å². The van der Waals surface area contributed by atoms with Crippen LogP contribution in [0.3, 0.4) is 0 Å². The molecule has 0 spiro atoms. The van der Waals surface area contributed by atoms with Crippen LogP contribution in [0.4, 0.5) is 0 Å². The SMILES string of the molecule is CCCC1(CN=C(N)N2CCCCCC2)CCC1. The van der Waals surface area contributed by atoms with Gasteiger partial charge in [0.15, 0.2) is 5.96 Å². The minimum Gasteiger partial charge on any atom is -0.370 e. The average Bonchev–Trinajstić information content (AvgIpc) is 2.60. The molecular weight excluding hydrogens is 222 g/mol. The van der Waals surface area contributed by atoms with Crippen molar-refractivity contribution < 1.29 is 0 Å². The third-order valence-electron chi connectivity index (χ3n) is 4.70. The smallest absolute Gasteiger partial charge is 0.191 e. The van der Waals surface area contributed by atoms with E-state index in [4.69, 9.17) is 10.7 Å². The lowest BCUT2D eigenvalue weighted by Gasteiger charge is -2.41. The minimum absolute atomic E-state index is 0.505. The van der Waals surface area contributed by atoms with Crippen LogP contribution >= 0.6 is 0 Å². The van der Waals surface area contributed by atoms with Crippen LogP contribution in [0.25, 0.3) is 0 Å². The van der Waals surface area contributed by atoms with Crippen LogP contribution in [0, 0.1) is 5.41 Å². The second kappa shape index (κ2) is 6.44. The van der Waals surface area contributed by atoms with Crippen molar-refractivity contribution in [3.63, 3.8) is 0 Å². The molecule has 0 bridgehead atoms. The lowest BCUT2D eigenvalue weighted by molar-refractivity contribution is 0.129. The molecule has 2 rings (SSSR count). The molecule has 1 aliphatic carbocycles. The molecule has 0 aromatic rings. The van der Waals surface area contributed by atoms with Gasteiger partial charge in [0.2, 0.25) is 0 Å². The molecule has 1 heterocycles. The number of likely N-dealkylation sites (tertiary alicyclic amines) is 1. The minimum atomic E-state index is 0.505. The molecule has 104 valence electrons. The van der Waals surface area contributed by atoms with Crippen molar-refractivity contribution in [2.24, 2.45) is 16.1 Å².